The van der Waals surface area contributed by atoms with Crippen LogP contribution >= 0.6 is 0 Å². The molecule has 0 radical (unpaired) electrons. The minimum atomic E-state index is -0.545. The van der Waals surface area contributed by atoms with Crippen LogP contribution in [0.2, 0.25) is 0 Å². The van der Waals surface area contributed by atoms with Crippen molar-refractivity contribution in [2.24, 2.45) is 0 Å². The van der Waals surface area contributed by atoms with E-state index in [1.165, 1.54) is 0 Å². The molecule has 3 amide bonds. The van der Waals surface area contributed by atoms with Gasteiger partial charge < -0.3 is 21.3 Å². The fourth-order valence-corrected chi connectivity index (χ4v) is 1.70. The number of nitrogens with one attached hydrogen (secondary N) is 4. The van der Waals surface area contributed by atoms with Gasteiger partial charge in [0.15, 0.2) is 0 Å². The largest absolute Gasteiger partial charge is 0.353 e. The van der Waals surface area contributed by atoms with E-state index in [1.54, 1.807) is 12.1 Å². The Morgan fingerprint density at radius 2 is 2.00 bits per heavy atom. The Bertz CT molecular complexity index is 421. The fraction of sp³-hybridized carbons (Fsp3) is 0.333. The average Bonchev–Trinajstić information content (AvgIpc) is 2.56. The zero-order chi connectivity index (χ0) is 12.8. The molecule has 0 aliphatic carbocycles. The van der Waals surface area contributed by atoms with E-state index >= 15 is 0 Å². The summed E-state index contributed by atoms with van der Waals surface area (Å²) in [6.07, 6.45) is 0. The van der Waals surface area contributed by atoms with E-state index in [2.05, 4.69) is 21.3 Å². The number of hydrogen-bond donors (Lipinski definition) is 4. The highest BCUT2D eigenvalue weighted by Gasteiger charge is 2.21. The van der Waals surface area contributed by atoms with Gasteiger partial charge in [0.05, 0.1) is 0 Å². The Kier molecular flexibility index (Phi) is 4.14. The number of rotatable bonds is 2. The molecule has 4 N–H and O–H groups in total. The first-order chi connectivity index (χ1) is 8.75. The molecule has 1 heterocycles. The lowest BCUT2D eigenvalue weighted by atomic mass is 10.3. The van der Waals surface area contributed by atoms with Crippen LogP contribution in [0.4, 0.5) is 10.5 Å². The maximum Gasteiger partial charge on any atom is 0.319 e. The highest BCUT2D eigenvalue weighted by atomic mass is 16.2. The number of carbonyl (C=O) groups excluding carboxylic acids is 2. The molecule has 1 atom stereocenters. The van der Waals surface area contributed by atoms with Gasteiger partial charge in [0.1, 0.15) is 6.04 Å². The van der Waals surface area contributed by atoms with Crippen molar-refractivity contribution in [2.75, 3.05) is 25.0 Å². The molecule has 1 saturated heterocycles. The Labute approximate surface area is 105 Å². The van der Waals surface area contributed by atoms with Gasteiger partial charge in [-0.05, 0) is 12.1 Å². The zero-order valence-electron chi connectivity index (χ0n) is 9.90. The second-order valence-corrected chi connectivity index (χ2v) is 4.01. The molecule has 96 valence electrons. The summed E-state index contributed by atoms with van der Waals surface area (Å²) in [6.45, 7) is 1.73. The molecule has 1 aromatic rings. The highest BCUT2D eigenvalue weighted by molar-refractivity contribution is 5.93. The first-order valence-electron chi connectivity index (χ1n) is 5.87. The van der Waals surface area contributed by atoms with Gasteiger partial charge in [0.2, 0.25) is 5.91 Å². The van der Waals surface area contributed by atoms with E-state index in [0.29, 0.717) is 25.3 Å². The predicted octanol–water partition coefficient (Wildman–Crippen LogP) is -0.104. The summed E-state index contributed by atoms with van der Waals surface area (Å²) in [5, 5.41) is 11.1. The second kappa shape index (κ2) is 6.02. The zero-order valence-corrected chi connectivity index (χ0v) is 9.90. The van der Waals surface area contributed by atoms with Gasteiger partial charge in [-0.2, -0.15) is 0 Å². The summed E-state index contributed by atoms with van der Waals surface area (Å²) in [5.41, 5.74) is 0.692. The smallest absolute Gasteiger partial charge is 0.319 e. The Morgan fingerprint density at radius 1 is 1.22 bits per heavy atom. The topological polar surface area (TPSA) is 82.3 Å². The molecule has 0 aromatic heterocycles. The van der Waals surface area contributed by atoms with Gasteiger partial charge in [-0.1, -0.05) is 18.2 Å². The molecule has 18 heavy (non-hydrogen) atoms. The molecular weight excluding hydrogens is 232 g/mol. The van der Waals surface area contributed by atoms with Gasteiger partial charge in [-0.3, -0.25) is 4.79 Å². The monoisotopic (exact) mass is 248 g/mol. The van der Waals surface area contributed by atoms with Crippen LogP contribution in [0.15, 0.2) is 30.3 Å². The fourth-order valence-electron chi connectivity index (χ4n) is 1.70. The molecule has 6 nitrogen and oxygen atoms in total. The number of carbonyl (C=O) groups is 2. The quantitative estimate of drug-likeness (QED) is 0.589. The molecule has 1 unspecified atom stereocenters. The van der Waals surface area contributed by atoms with Crippen molar-refractivity contribution in [3.63, 3.8) is 0 Å². The summed E-state index contributed by atoms with van der Waals surface area (Å²) in [7, 11) is 0. The second-order valence-electron chi connectivity index (χ2n) is 4.01. The molecule has 0 bridgehead atoms. The number of anilines is 1. The predicted molar refractivity (Wildman–Crippen MR) is 68.3 cm³/mol. The highest BCUT2D eigenvalue weighted by Crippen LogP contribution is 2.04. The third-order valence-corrected chi connectivity index (χ3v) is 2.60. The van der Waals surface area contributed by atoms with E-state index in [4.69, 9.17) is 0 Å². The van der Waals surface area contributed by atoms with Gasteiger partial charge in [0.25, 0.3) is 0 Å². The van der Waals surface area contributed by atoms with Crippen molar-refractivity contribution in [3.8, 4) is 0 Å². The molecule has 0 spiro atoms. The van der Waals surface area contributed by atoms with Crippen LogP contribution in [0.3, 0.4) is 0 Å². The van der Waals surface area contributed by atoms with Crippen molar-refractivity contribution in [1.29, 1.82) is 0 Å². The number of benzene rings is 1. The van der Waals surface area contributed by atoms with Crippen molar-refractivity contribution in [3.05, 3.63) is 30.3 Å². The van der Waals surface area contributed by atoms with Crippen molar-refractivity contribution in [2.45, 2.75) is 6.04 Å². The van der Waals surface area contributed by atoms with Crippen LogP contribution in [0.1, 0.15) is 0 Å². The Morgan fingerprint density at radius 3 is 2.78 bits per heavy atom. The SMILES string of the molecule is O=C(Nc1ccccc1)NC1CNCCNC1=O. The minimum Gasteiger partial charge on any atom is -0.353 e. The van der Waals surface area contributed by atoms with E-state index in [-0.39, 0.29) is 11.9 Å². The molecule has 0 saturated carbocycles. The van der Waals surface area contributed by atoms with Crippen LogP contribution < -0.4 is 21.3 Å². The lowest BCUT2D eigenvalue weighted by Gasteiger charge is -2.15. The first kappa shape index (κ1) is 12.4. The summed E-state index contributed by atoms with van der Waals surface area (Å²) in [5.74, 6) is -0.164. The molecule has 1 aliphatic heterocycles. The van der Waals surface area contributed by atoms with Crippen molar-refractivity contribution >= 4 is 17.6 Å². The van der Waals surface area contributed by atoms with E-state index in [9.17, 15) is 9.59 Å². The molecule has 2 rings (SSSR count). The Hall–Kier alpha value is -2.08. The summed E-state index contributed by atoms with van der Waals surface area (Å²) in [4.78, 5) is 23.3. The average molecular weight is 248 g/mol. The lowest BCUT2D eigenvalue weighted by molar-refractivity contribution is -0.122. The number of hydrogen-bond acceptors (Lipinski definition) is 3. The van der Waals surface area contributed by atoms with Crippen LogP contribution in [0.25, 0.3) is 0 Å². The van der Waals surface area contributed by atoms with Gasteiger partial charge >= 0.3 is 6.03 Å². The summed E-state index contributed by atoms with van der Waals surface area (Å²) < 4.78 is 0. The van der Waals surface area contributed by atoms with E-state index in [1.807, 2.05) is 18.2 Å². The molecular formula is C12H16N4O2. The molecule has 1 aromatic carbocycles. The van der Waals surface area contributed by atoms with Crippen LogP contribution in [-0.4, -0.2) is 37.6 Å². The van der Waals surface area contributed by atoms with Gasteiger partial charge in [-0.15, -0.1) is 0 Å². The van der Waals surface area contributed by atoms with E-state index in [0.717, 1.165) is 0 Å². The maximum atomic E-state index is 11.7. The van der Waals surface area contributed by atoms with Crippen LogP contribution in [0, 0.1) is 0 Å². The molecule has 1 fully saturated rings. The Balaban J connectivity index is 1.88. The molecule has 1 aliphatic rings. The standard InChI is InChI=1S/C12H16N4O2/c17-11-10(8-13-6-7-14-11)16-12(18)15-9-4-2-1-3-5-9/h1-5,10,13H,6-8H2,(H,14,17)(H2,15,16,18). The maximum absolute atomic E-state index is 11.7. The lowest BCUT2D eigenvalue weighted by Crippen LogP contribution is -2.50. The number of urea groups is 1. The normalized spacial score (nSPS) is 19.6. The number of amides is 3. The summed E-state index contributed by atoms with van der Waals surface area (Å²) >= 11 is 0. The van der Waals surface area contributed by atoms with Gasteiger partial charge in [0, 0.05) is 25.3 Å². The summed E-state index contributed by atoms with van der Waals surface area (Å²) in [6, 6.07) is 8.16. The first-order valence-corrected chi connectivity index (χ1v) is 5.87. The van der Waals surface area contributed by atoms with Crippen LogP contribution in [-0.2, 0) is 4.79 Å². The third kappa shape index (κ3) is 3.46. The minimum absolute atomic E-state index is 0.164. The van der Waals surface area contributed by atoms with E-state index < -0.39 is 6.04 Å². The van der Waals surface area contributed by atoms with Crippen molar-refractivity contribution < 1.29 is 9.59 Å². The van der Waals surface area contributed by atoms with Crippen LogP contribution in [0.5, 0.6) is 0 Å². The van der Waals surface area contributed by atoms with Crippen molar-refractivity contribution in [1.82, 2.24) is 16.0 Å². The third-order valence-electron chi connectivity index (χ3n) is 2.60. The molecule has 6 heteroatoms. The number of para-hydroxylation sites is 1. The van der Waals surface area contributed by atoms with Gasteiger partial charge in [-0.25, -0.2) is 4.79 Å².